The van der Waals surface area contributed by atoms with Crippen molar-refractivity contribution in [2.24, 2.45) is 7.05 Å². The van der Waals surface area contributed by atoms with Gasteiger partial charge >= 0.3 is 0 Å². The number of aliphatic hydroxyl groups is 1. The van der Waals surface area contributed by atoms with E-state index in [9.17, 15) is 5.11 Å². The number of aryl methyl sites for hydroxylation is 1. The molecule has 0 radical (unpaired) electrons. The number of nitrogens with zero attached hydrogens (tertiary/aromatic N) is 3. The van der Waals surface area contributed by atoms with Crippen LogP contribution in [0.25, 0.3) is 11.6 Å². The molecule has 2 heterocycles. The summed E-state index contributed by atoms with van der Waals surface area (Å²) in [6, 6.07) is 21.9. The number of hydrogen-bond donors (Lipinski definition) is 1. The minimum atomic E-state index is -1.41. The zero-order valence-electron chi connectivity index (χ0n) is 19.2. The predicted molar refractivity (Wildman–Crippen MR) is 140 cm³/mol. The second kappa shape index (κ2) is 8.64. The molecule has 1 aliphatic heterocycles. The molecule has 0 aliphatic carbocycles. The van der Waals surface area contributed by atoms with Gasteiger partial charge in [0.25, 0.3) is 0 Å². The highest BCUT2D eigenvalue weighted by atomic mass is 35.5. The van der Waals surface area contributed by atoms with Gasteiger partial charge in [-0.15, -0.1) is 0 Å². The van der Waals surface area contributed by atoms with Crippen molar-refractivity contribution >= 4 is 28.9 Å². The SMILES string of the molecule is C=Cc1cccc(C2=CCN(C)c3ccc(C(O)(c4ccc(Cl)cc4)c4cncn4C)cc32)c1. The van der Waals surface area contributed by atoms with Crippen LogP contribution in [0.2, 0.25) is 5.02 Å². The van der Waals surface area contributed by atoms with Gasteiger partial charge in [-0.1, -0.05) is 66.7 Å². The molecule has 0 fully saturated rings. The van der Waals surface area contributed by atoms with Crippen molar-refractivity contribution < 1.29 is 5.11 Å². The number of halogens is 1. The first-order valence-corrected chi connectivity index (χ1v) is 11.5. The average molecular weight is 468 g/mol. The van der Waals surface area contributed by atoms with Gasteiger partial charge in [0.1, 0.15) is 0 Å². The van der Waals surface area contributed by atoms with Crippen molar-refractivity contribution in [3.8, 4) is 0 Å². The lowest BCUT2D eigenvalue weighted by Crippen LogP contribution is -2.32. The van der Waals surface area contributed by atoms with E-state index in [-0.39, 0.29) is 0 Å². The number of fused-ring (bicyclic) bond motifs is 1. The van der Waals surface area contributed by atoms with Crippen molar-refractivity contribution in [3.05, 3.63) is 130 Å². The van der Waals surface area contributed by atoms with Crippen LogP contribution in [0.3, 0.4) is 0 Å². The lowest BCUT2D eigenvalue weighted by molar-refractivity contribution is 0.117. The summed E-state index contributed by atoms with van der Waals surface area (Å²) >= 11 is 6.17. The second-order valence-corrected chi connectivity index (χ2v) is 9.10. The fourth-order valence-corrected chi connectivity index (χ4v) is 4.84. The molecular formula is C29H26ClN3O. The summed E-state index contributed by atoms with van der Waals surface area (Å²) in [4.78, 5) is 6.50. The van der Waals surface area contributed by atoms with Gasteiger partial charge in [0.15, 0.2) is 5.60 Å². The summed E-state index contributed by atoms with van der Waals surface area (Å²) in [5, 5.41) is 13.0. The number of aromatic nitrogens is 2. The van der Waals surface area contributed by atoms with E-state index in [0.29, 0.717) is 10.7 Å². The highest BCUT2D eigenvalue weighted by Gasteiger charge is 2.37. The quantitative estimate of drug-likeness (QED) is 0.398. The Kier molecular flexibility index (Phi) is 5.64. The van der Waals surface area contributed by atoms with Crippen LogP contribution >= 0.6 is 11.6 Å². The van der Waals surface area contributed by atoms with Gasteiger partial charge in [0, 0.05) is 36.9 Å². The Hall–Kier alpha value is -3.60. The van der Waals surface area contributed by atoms with Crippen LogP contribution in [0.5, 0.6) is 0 Å². The van der Waals surface area contributed by atoms with Crippen molar-refractivity contribution in [2.45, 2.75) is 5.60 Å². The molecule has 1 N–H and O–H groups in total. The maximum absolute atomic E-state index is 12.3. The van der Waals surface area contributed by atoms with Crippen LogP contribution in [-0.2, 0) is 12.6 Å². The maximum Gasteiger partial charge on any atom is 0.156 e. The van der Waals surface area contributed by atoms with Crippen molar-refractivity contribution in [3.63, 3.8) is 0 Å². The zero-order chi connectivity index (χ0) is 23.9. The summed E-state index contributed by atoms with van der Waals surface area (Å²) in [5.41, 5.74) is 6.29. The van der Waals surface area contributed by atoms with Crippen molar-refractivity contribution in [2.75, 3.05) is 18.5 Å². The molecule has 0 spiro atoms. The molecule has 0 saturated heterocycles. The van der Waals surface area contributed by atoms with Gasteiger partial charge in [0.05, 0.1) is 18.2 Å². The minimum Gasteiger partial charge on any atom is -0.374 e. The number of benzene rings is 3. The fraction of sp³-hybridized carbons (Fsp3) is 0.138. The number of imidazole rings is 1. The van der Waals surface area contributed by atoms with Gasteiger partial charge in [-0.2, -0.15) is 0 Å². The number of rotatable bonds is 5. The summed E-state index contributed by atoms with van der Waals surface area (Å²) in [6.07, 6.45) is 7.51. The average Bonchev–Trinajstić information content (AvgIpc) is 3.30. The van der Waals surface area contributed by atoms with Crippen molar-refractivity contribution in [1.29, 1.82) is 0 Å². The Morgan fingerprint density at radius 1 is 1.03 bits per heavy atom. The van der Waals surface area contributed by atoms with E-state index in [0.717, 1.165) is 45.6 Å². The highest BCUT2D eigenvalue weighted by molar-refractivity contribution is 6.30. The predicted octanol–water partition coefficient (Wildman–Crippen LogP) is 5.88. The van der Waals surface area contributed by atoms with E-state index in [1.807, 2.05) is 42.0 Å². The topological polar surface area (TPSA) is 41.3 Å². The Balaban J connectivity index is 1.72. The Morgan fingerprint density at radius 2 is 1.79 bits per heavy atom. The Labute approximate surface area is 205 Å². The number of likely N-dealkylation sites (N-methyl/N-ethyl adjacent to an activating group) is 1. The first kappa shape index (κ1) is 22.2. The summed E-state index contributed by atoms with van der Waals surface area (Å²) in [7, 11) is 3.97. The molecule has 1 atom stereocenters. The summed E-state index contributed by atoms with van der Waals surface area (Å²) < 4.78 is 1.85. The van der Waals surface area contributed by atoms with Crippen LogP contribution in [0.15, 0.2) is 91.9 Å². The third kappa shape index (κ3) is 3.65. The normalized spacial score (nSPS) is 14.8. The molecule has 4 nitrogen and oxygen atoms in total. The van der Waals surface area contributed by atoms with E-state index >= 15 is 0 Å². The van der Waals surface area contributed by atoms with Crippen molar-refractivity contribution in [1.82, 2.24) is 9.55 Å². The molecule has 1 aromatic heterocycles. The van der Waals surface area contributed by atoms with E-state index in [2.05, 4.69) is 59.9 Å². The smallest absolute Gasteiger partial charge is 0.156 e. The zero-order valence-corrected chi connectivity index (χ0v) is 20.0. The molecule has 0 amide bonds. The number of hydrogen-bond acceptors (Lipinski definition) is 3. The first-order valence-electron chi connectivity index (χ1n) is 11.2. The van der Waals surface area contributed by atoms with Gasteiger partial charge in [-0.05, 0) is 58.2 Å². The van der Waals surface area contributed by atoms with Crippen LogP contribution in [0.4, 0.5) is 5.69 Å². The molecular weight excluding hydrogens is 442 g/mol. The van der Waals surface area contributed by atoms with E-state index in [1.54, 1.807) is 24.7 Å². The highest BCUT2D eigenvalue weighted by Crippen LogP contribution is 2.42. The van der Waals surface area contributed by atoms with Gasteiger partial charge < -0.3 is 14.6 Å². The Bertz CT molecular complexity index is 1400. The summed E-state index contributed by atoms with van der Waals surface area (Å²) in [6.45, 7) is 4.73. The molecule has 34 heavy (non-hydrogen) atoms. The first-order chi connectivity index (χ1) is 16.4. The van der Waals surface area contributed by atoms with Gasteiger partial charge in [-0.3, -0.25) is 0 Å². The third-order valence-corrected chi connectivity index (χ3v) is 6.82. The number of anilines is 1. The van der Waals surface area contributed by atoms with Crippen LogP contribution in [0, 0.1) is 0 Å². The molecule has 3 aromatic carbocycles. The van der Waals surface area contributed by atoms with Crippen LogP contribution in [0.1, 0.15) is 33.5 Å². The Morgan fingerprint density at radius 3 is 2.50 bits per heavy atom. The van der Waals surface area contributed by atoms with Gasteiger partial charge in [-0.25, -0.2) is 4.98 Å². The molecule has 0 bridgehead atoms. The molecule has 5 heteroatoms. The third-order valence-electron chi connectivity index (χ3n) is 6.57. The van der Waals surface area contributed by atoms with E-state index < -0.39 is 5.60 Å². The lowest BCUT2D eigenvalue weighted by atomic mass is 9.81. The molecule has 5 rings (SSSR count). The molecule has 0 saturated carbocycles. The van der Waals surface area contributed by atoms with Gasteiger partial charge in [0.2, 0.25) is 0 Å². The van der Waals surface area contributed by atoms with E-state index in [1.165, 1.54) is 0 Å². The second-order valence-electron chi connectivity index (χ2n) is 8.67. The molecule has 4 aromatic rings. The summed E-state index contributed by atoms with van der Waals surface area (Å²) in [5.74, 6) is 0. The fourth-order valence-electron chi connectivity index (χ4n) is 4.71. The molecule has 1 unspecified atom stereocenters. The lowest BCUT2D eigenvalue weighted by Gasteiger charge is -2.33. The standard InChI is InChI=1S/C29H26ClN3O/c1-4-20-6-5-7-21(16-20)25-14-15-32(2)27-13-10-23(17-26(25)27)29(34,28-18-31-19-33(28)3)22-8-11-24(30)12-9-22/h4-14,16-19,34H,1,15H2,2-3H3. The maximum atomic E-state index is 12.3. The van der Waals surface area contributed by atoms with Crippen LogP contribution < -0.4 is 4.90 Å². The van der Waals surface area contributed by atoms with E-state index in [4.69, 9.17) is 11.6 Å². The molecule has 1 aliphatic rings. The van der Waals surface area contributed by atoms with Crippen LogP contribution in [-0.4, -0.2) is 28.3 Å². The largest absolute Gasteiger partial charge is 0.374 e. The monoisotopic (exact) mass is 467 g/mol. The molecule has 170 valence electrons. The minimum absolute atomic E-state index is 0.621.